The second kappa shape index (κ2) is 11.0. The van der Waals surface area contributed by atoms with Crippen molar-refractivity contribution in [3.63, 3.8) is 0 Å². The van der Waals surface area contributed by atoms with Crippen molar-refractivity contribution in [3.8, 4) is 22.3 Å². The molecule has 0 aliphatic carbocycles. The molecule has 0 aliphatic rings. The monoisotopic (exact) mass is 541 g/mol. The van der Waals surface area contributed by atoms with Crippen LogP contribution >= 0.6 is 0 Å². The lowest BCUT2D eigenvalue weighted by Crippen LogP contribution is -2.31. The molecular weight excluding hydrogens is 513 g/mol. The maximum absolute atomic E-state index is 10.3. The van der Waals surface area contributed by atoms with Crippen LogP contribution in [-0.4, -0.2) is 17.2 Å². The van der Waals surface area contributed by atoms with E-state index < -0.39 is 7.12 Å². The minimum atomic E-state index is -1.59. The summed E-state index contributed by atoms with van der Waals surface area (Å²) in [5, 5.41) is 25.3. The molecule has 0 aromatic heterocycles. The van der Waals surface area contributed by atoms with Crippen LogP contribution in [0.1, 0.15) is 0 Å². The van der Waals surface area contributed by atoms with Crippen LogP contribution in [0.3, 0.4) is 0 Å². The van der Waals surface area contributed by atoms with Crippen molar-refractivity contribution in [2.24, 2.45) is 0 Å². The first kappa shape index (κ1) is 25.8. The molecule has 42 heavy (non-hydrogen) atoms. The molecule has 0 heterocycles. The van der Waals surface area contributed by atoms with Crippen molar-refractivity contribution >= 4 is 51.2 Å². The van der Waals surface area contributed by atoms with E-state index in [4.69, 9.17) is 0 Å². The number of anilines is 3. The molecule has 0 atom stereocenters. The van der Waals surface area contributed by atoms with E-state index in [9.17, 15) is 10.0 Å². The van der Waals surface area contributed by atoms with E-state index in [0.29, 0.717) is 5.46 Å². The Labute approximate surface area is 245 Å². The highest BCUT2D eigenvalue weighted by Gasteiger charge is 2.22. The maximum Gasteiger partial charge on any atom is 0.489 e. The average Bonchev–Trinajstić information content (AvgIpc) is 3.05. The van der Waals surface area contributed by atoms with Gasteiger partial charge in [-0.05, 0) is 74.0 Å². The van der Waals surface area contributed by atoms with Gasteiger partial charge in [0.25, 0.3) is 0 Å². The Bertz CT molecular complexity index is 2020. The van der Waals surface area contributed by atoms with Gasteiger partial charge in [0.2, 0.25) is 0 Å². The Morgan fingerprint density at radius 2 is 1.00 bits per heavy atom. The van der Waals surface area contributed by atoms with Gasteiger partial charge in [-0.3, -0.25) is 0 Å². The first-order valence-electron chi connectivity index (χ1n) is 14.1. The minimum absolute atomic E-state index is 0.464. The molecule has 0 spiro atoms. The van der Waals surface area contributed by atoms with E-state index in [1.165, 1.54) is 16.2 Å². The van der Waals surface area contributed by atoms with Gasteiger partial charge < -0.3 is 14.9 Å². The Morgan fingerprint density at radius 1 is 0.429 bits per heavy atom. The fourth-order valence-corrected chi connectivity index (χ4v) is 5.87. The molecule has 7 aromatic carbocycles. The van der Waals surface area contributed by atoms with Crippen molar-refractivity contribution in [3.05, 3.63) is 158 Å². The van der Waals surface area contributed by atoms with E-state index in [-0.39, 0.29) is 0 Å². The summed E-state index contributed by atoms with van der Waals surface area (Å²) >= 11 is 0. The molecule has 3 nitrogen and oxygen atoms in total. The predicted octanol–water partition coefficient (Wildman–Crippen LogP) is 8.48. The van der Waals surface area contributed by atoms with Gasteiger partial charge in [-0.25, -0.2) is 0 Å². The lowest BCUT2D eigenvalue weighted by Gasteiger charge is -2.29. The zero-order valence-corrected chi connectivity index (χ0v) is 22.9. The summed E-state index contributed by atoms with van der Waals surface area (Å²) in [4.78, 5) is 2.26. The second-order valence-corrected chi connectivity index (χ2v) is 10.4. The highest BCUT2D eigenvalue weighted by Crippen LogP contribution is 2.42. The lowest BCUT2D eigenvalue weighted by molar-refractivity contribution is 0.426. The van der Waals surface area contributed by atoms with Gasteiger partial charge in [-0.1, -0.05) is 127 Å². The highest BCUT2D eigenvalue weighted by atomic mass is 16.4. The first-order valence-corrected chi connectivity index (χ1v) is 14.1. The molecule has 200 valence electrons. The zero-order chi connectivity index (χ0) is 28.5. The number of fused-ring (bicyclic) bond motifs is 3. The topological polar surface area (TPSA) is 43.7 Å². The third-order valence-corrected chi connectivity index (χ3v) is 7.87. The molecule has 0 saturated heterocycles. The molecule has 0 unspecified atom stereocenters. The number of hydrogen-bond donors (Lipinski definition) is 2. The van der Waals surface area contributed by atoms with Crippen molar-refractivity contribution in [1.29, 1.82) is 0 Å². The molecule has 7 aromatic rings. The van der Waals surface area contributed by atoms with Crippen LogP contribution < -0.4 is 10.4 Å². The Kier molecular flexibility index (Phi) is 6.77. The fraction of sp³-hybridized carbons (Fsp3) is 0. The zero-order valence-electron chi connectivity index (χ0n) is 22.9. The standard InChI is InChI=1S/C38H28BNO2/c41-39(42)37-24-22-32(26-36(37)28-13-5-2-6-14-28)40(38-18-10-9-17-35(38)27-11-3-1-4-12-27)31-21-23-34-30(25-31)20-19-29-15-7-8-16-33(29)34/h1-26,41-42H. The van der Waals surface area contributed by atoms with Crippen molar-refractivity contribution in [1.82, 2.24) is 0 Å². The van der Waals surface area contributed by atoms with Gasteiger partial charge in [0.05, 0.1) is 5.69 Å². The van der Waals surface area contributed by atoms with Gasteiger partial charge in [0, 0.05) is 16.9 Å². The number of hydrogen-bond acceptors (Lipinski definition) is 3. The Morgan fingerprint density at radius 3 is 1.76 bits per heavy atom. The normalized spacial score (nSPS) is 11.1. The first-order chi connectivity index (χ1) is 20.7. The summed E-state index contributed by atoms with van der Waals surface area (Å²) in [5.41, 5.74) is 7.34. The van der Waals surface area contributed by atoms with Crippen LogP contribution in [0.2, 0.25) is 0 Å². The number of benzene rings is 7. The summed E-state index contributed by atoms with van der Waals surface area (Å²) in [6.45, 7) is 0. The second-order valence-electron chi connectivity index (χ2n) is 10.4. The van der Waals surface area contributed by atoms with Gasteiger partial charge in [-0.15, -0.1) is 0 Å². The molecule has 0 saturated carbocycles. The third kappa shape index (κ3) is 4.73. The van der Waals surface area contributed by atoms with Gasteiger partial charge in [0.1, 0.15) is 0 Å². The summed E-state index contributed by atoms with van der Waals surface area (Å²) < 4.78 is 0. The molecule has 2 N–H and O–H groups in total. The molecule has 4 heteroatoms. The van der Waals surface area contributed by atoms with Crippen LogP contribution in [0, 0.1) is 0 Å². The number of para-hydroxylation sites is 1. The van der Waals surface area contributed by atoms with Gasteiger partial charge in [-0.2, -0.15) is 0 Å². The highest BCUT2D eigenvalue weighted by molar-refractivity contribution is 6.60. The summed E-state index contributed by atoms with van der Waals surface area (Å²) in [7, 11) is -1.59. The summed E-state index contributed by atoms with van der Waals surface area (Å²) in [6, 6.07) is 54.0. The van der Waals surface area contributed by atoms with Crippen molar-refractivity contribution in [2.45, 2.75) is 0 Å². The Hall–Kier alpha value is -5.16. The molecule has 0 amide bonds. The van der Waals surface area contributed by atoms with E-state index in [0.717, 1.165) is 44.7 Å². The van der Waals surface area contributed by atoms with Crippen LogP contribution in [-0.2, 0) is 0 Å². The smallest absolute Gasteiger partial charge is 0.423 e. The van der Waals surface area contributed by atoms with E-state index in [1.54, 1.807) is 0 Å². The molecule has 0 aliphatic heterocycles. The number of rotatable bonds is 6. The van der Waals surface area contributed by atoms with E-state index >= 15 is 0 Å². The Balaban J connectivity index is 1.48. The van der Waals surface area contributed by atoms with Gasteiger partial charge in [0.15, 0.2) is 0 Å². The maximum atomic E-state index is 10.3. The third-order valence-electron chi connectivity index (χ3n) is 7.87. The molecule has 0 fully saturated rings. The van der Waals surface area contributed by atoms with E-state index in [2.05, 4.69) is 114 Å². The minimum Gasteiger partial charge on any atom is -0.423 e. The van der Waals surface area contributed by atoms with Crippen LogP contribution in [0.5, 0.6) is 0 Å². The molecule has 0 bridgehead atoms. The SMILES string of the molecule is OB(O)c1ccc(N(c2ccc3c(ccc4ccccc43)c2)c2ccccc2-c2ccccc2)cc1-c1ccccc1. The molecular formula is C38H28BNO2. The summed E-state index contributed by atoms with van der Waals surface area (Å²) in [6.07, 6.45) is 0. The quantitative estimate of drug-likeness (QED) is 0.164. The lowest BCUT2D eigenvalue weighted by atomic mass is 9.75. The van der Waals surface area contributed by atoms with E-state index in [1.807, 2.05) is 48.5 Å². The van der Waals surface area contributed by atoms with Crippen molar-refractivity contribution < 1.29 is 10.0 Å². The molecule has 7 rings (SSSR count). The fourth-order valence-electron chi connectivity index (χ4n) is 5.87. The van der Waals surface area contributed by atoms with Crippen molar-refractivity contribution in [2.75, 3.05) is 4.90 Å². The predicted molar refractivity (Wildman–Crippen MR) is 177 cm³/mol. The largest absolute Gasteiger partial charge is 0.489 e. The van der Waals surface area contributed by atoms with Crippen LogP contribution in [0.15, 0.2) is 158 Å². The van der Waals surface area contributed by atoms with Crippen LogP contribution in [0.25, 0.3) is 43.8 Å². The molecule has 0 radical (unpaired) electrons. The number of nitrogens with zero attached hydrogens (tertiary/aromatic N) is 1. The van der Waals surface area contributed by atoms with Gasteiger partial charge >= 0.3 is 7.12 Å². The summed E-state index contributed by atoms with van der Waals surface area (Å²) in [5.74, 6) is 0. The average molecular weight is 541 g/mol. The van der Waals surface area contributed by atoms with Crippen LogP contribution in [0.4, 0.5) is 17.1 Å².